The minimum absolute atomic E-state index is 0.0183. The first-order chi connectivity index (χ1) is 9.94. The number of anilines is 1. The Bertz CT molecular complexity index is 816. The fraction of sp³-hybridized carbons (Fsp3) is 0.385. The molecule has 4 N–H and O–H groups in total. The Balaban J connectivity index is 1.81. The number of rotatable bonds is 1. The van der Waals surface area contributed by atoms with Gasteiger partial charge in [-0.15, -0.1) is 6.42 Å². The van der Waals surface area contributed by atoms with Crippen molar-refractivity contribution in [3.63, 3.8) is 0 Å². The number of hydrogen-bond acceptors (Lipinski definition) is 6. The van der Waals surface area contributed by atoms with Crippen molar-refractivity contribution < 1.29 is 19.3 Å². The zero-order valence-corrected chi connectivity index (χ0v) is 10.7. The van der Waals surface area contributed by atoms with Gasteiger partial charge in [-0.3, -0.25) is 0 Å². The van der Waals surface area contributed by atoms with Gasteiger partial charge in [-0.1, -0.05) is 5.92 Å². The first kappa shape index (κ1) is 12.5. The molecule has 2 fully saturated rings. The molecular weight excluding hydrogens is 279 g/mol. The highest BCUT2D eigenvalue weighted by molar-refractivity contribution is 5.86. The lowest BCUT2D eigenvalue weighted by atomic mass is 10.2. The molecule has 21 heavy (non-hydrogen) atoms. The zero-order valence-electron chi connectivity index (χ0n) is 10.7. The summed E-state index contributed by atoms with van der Waals surface area (Å²) in [5.74, 6) is 1.71. The highest BCUT2D eigenvalue weighted by Crippen LogP contribution is 2.62. The smallest absolute Gasteiger partial charge is 0.190 e. The van der Waals surface area contributed by atoms with E-state index < -0.39 is 29.4 Å². The number of nitrogens with zero attached hydrogens (tertiary/aromatic N) is 3. The molecule has 4 rings (SSSR count). The summed E-state index contributed by atoms with van der Waals surface area (Å²) in [4.78, 5) is 7.73. The van der Waals surface area contributed by atoms with Gasteiger partial charge in [0.2, 0.25) is 0 Å². The van der Waals surface area contributed by atoms with Crippen LogP contribution in [-0.4, -0.2) is 42.1 Å². The van der Waals surface area contributed by atoms with Crippen LogP contribution in [0.3, 0.4) is 0 Å². The van der Waals surface area contributed by atoms with Crippen molar-refractivity contribution in [1.29, 1.82) is 0 Å². The van der Waals surface area contributed by atoms with Gasteiger partial charge >= 0.3 is 0 Å². The number of aromatic nitrogens is 3. The van der Waals surface area contributed by atoms with Crippen molar-refractivity contribution in [2.75, 3.05) is 5.73 Å². The van der Waals surface area contributed by atoms with Crippen LogP contribution in [0.25, 0.3) is 11.0 Å². The van der Waals surface area contributed by atoms with Gasteiger partial charge < -0.3 is 25.3 Å². The van der Waals surface area contributed by atoms with E-state index in [1.165, 1.54) is 17.1 Å². The minimum atomic E-state index is -1.52. The predicted molar refractivity (Wildman–Crippen MR) is 69.2 cm³/mol. The molecule has 8 heteroatoms. The minimum Gasteiger partial charge on any atom is -0.386 e. The highest BCUT2D eigenvalue weighted by atomic mass is 19.1. The van der Waals surface area contributed by atoms with E-state index >= 15 is 0 Å². The zero-order chi connectivity index (χ0) is 15.0. The van der Waals surface area contributed by atoms with Crippen molar-refractivity contribution in [3.05, 3.63) is 18.3 Å². The fourth-order valence-electron chi connectivity index (χ4n) is 3.10. The third kappa shape index (κ3) is 1.24. The molecule has 2 aromatic rings. The van der Waals surface area contributed by atoms with Crippen LogP contribution in [0.5, 0.6) is 0 Å². The van der Waals surface area contributed by atoms with Gasteiger partial charge in [0, 0.05) is 12.6 Å². The fourth-order valence-corrected chi connectivity index (χ4v) is 3.10. The summed E-state index contributed by atoms with van der Waals surface area (Å²) in [5.41, 5.74) is 2.93. The average Bonchev–Trinajstić information content (AvgIpc) is 2.79. The Labute approximate surface area is 118 Å². The van der Waals surface area contributed by atoms with Gasteiger partial charge in [-0.2, -0.15) is 0 Å². The van der Waals surface area contributed by atoms with E-state index in [4.69, 9.17) is 16.9 Å². The molecular formula is C13H11FN4O3. The van der Waals surface area contributed by atoms with Crippen molar-refractivity contribution in [1.82, 2.24) is 14.5 Å². The Kier molecular flexibility index (Phi) is 2.09. The van der Waals surface area contributed by atoms with Crippen LogP contribution < -0.4 is 5.73 Å². The second kappa shape index (κ2) is 3.51. The highest BCUT2D eigenvalue weighted by Gasteiger charge is 2.83. The number of ether oxygens (including phenoxy) is 1. The van der Waals surface area contributed by atoms with Gasteiger partial charge in [0.25, 0.3) is 0 Å². The molecule has 0 aromatic carbocycles. The molecule has 1 aliphatic heterocycles. The molecule has 4 atom stereocenters. The van der Waals surface area contributed by atoms with E-state index in [0.717, 1.165) is 0 Å². The molecule has 1 saturated heterocycles. The standard InChI is InChI=1S/C13H11FN4O3/c1-2-13-11(19)12(13,20)3-7(21-13)18-4-6(14)8-9(15)16-5-17-10(8)18/h1,4-5,7,11,19-20H,3H2,(H2,15,16,17)/t7-,11?,12-,13-/m1/s1. The number of aliphatic hydroxyl groups excluding tert-OH is 1. The van der Waals surface area contributed by atoms with Gasteiger partial charge in [0.05, 0.1) is 5.39 Å². The maximum Gasteiger partial charge on any atom is 0.190 e. The average molecular weight is 290 g/mol. The van der Waals surface area contributed by atoms with Crippen LogP contribution in [0.4, 0.5) is 10.2 Å². The van der Waals surface area contributed by atoms with Crippen molar-refractivity contribution >= 4 is 16.9 Å². The summed E-state index contributed by atoms with van der Waals surface area (Å²) in [6.07, 6.45) is 5.88. The summed E-state index contributed by atoms with van der Waals surface area (Å²) >= 11 is 0. The Morgan fingerprint density at radius 1 is 1.57 bits per heavy atom. The molecule has 1 saturated carbocycles. The van der Waals surface area contributed by atoms with E-state index in [1.807, 2.05) is 0 Å². The van der Waals surface area contributed by atoms with Crippen LogP contribution in [0.1, 0.15) is 12.6 Å². The molecule has 2 aliphatic rings. The van der Waals surface area contributed by atoms with Gasteiger partial charge in [-0.05, 0) is 0 Å². The normalized spacial score (nSPS) is 37.4. The van der Waals surface area contributed by atoms with Crippen LogP contribution in [0.2, 0.25) is 0 Å². The van der Waals surface area contributed by atoms with Gasteiger partial charge in [0.1, 0.15) is 30.1 Å². The molecule has 0 amide bonds. The first-order valence-electron chi connectivity index (χ1n) is 6.27. The number of fused-ring (bicyclic) bond motifs is 2. The molecule has 108 valence electrons. The Hall–Kier alpha value is -2.21. The molecule has 7 nitrogen and oxygen atoms in total. The Morgan fingerprint density at radius 2 is 2.33 bits per heavy atom. The van der Waals surface area contributed by atoms with Crippen molar-refractivity contribution in [2.45, 2.75) is 30.0 Å². The Morgan fingerprint density at radius 3 is 3.00 bits per heavy atom. The summed E-state index contributed by atoms with van der Waals surface area (Å²) in [6.45, 7) is 0. The quantitative estimate of drug-likeness (QED) is 0.614. The van der Waals surface area contributed by atoms with Gasteiger partial charge in [0.15, 0.2) is 17.1 Å². The lowest BCUT2D eigenvalue weighted by Gasteiger charge is -2.18. The molecule has 0 radical (unpaired) electrons. The predicted octanol–water partition coefficient (Wildman–Crippen LogP) is -0.451. The second-order valence-electron chi connectivity index (χ2n) is 5.33. The first-order valence-corrected chi connectivity index (χ1v) is 6.27. The van der Waals surface area contributed by atoms with E-state index in [2.05, 4.69) is 15.9 Å². The number of nitrogens with two attached hydrogens (primary N) is 1. The van der Waals surface area contributed by atoms with Crippen LogP contribution >= 0.6 is 0 Å². The van der Waals surface area contributed by atoms with Crippen LogP contribution in [0, 0.1) is 18.2 Å². The molecule has 3 heterocycles. The van der Waals surface area contributed by atoms with E-state index in [1.54, 1.807) is 0 Å². The molecule has 1 aliphatic carbocycles. The number of aliphatic hydroxyl groups is 2. The van der Waals surface area contributed by atoms with Crippen LogP contribution in [-0.2, 0) is 4.74 Å². The topological polar surface area (TPSA) is 106 Å². The summed E-state index contributed by atoms with van der Waals surface area (Å²) in [7, 11) is 0. The van der Waals surface area contributed by atoms with Crippen molar-refractivity contribution in [2.24, 2.45) is 0 Å². The van der Waals surface area contributed by atoms with Crippen LogP contribution in [0.15, 0.2) is 12.5 Å². The summed E-state index contributed by atoms with van der Waals surface area (Å²) in [5, 5.41) is 20.1. The number of hydrogen-bond donors (Lipinski definition) is 3. The number of nitrogen functional groups attached to an aromatic ring is 1. The molecule has 0 bridgehead atoms. The molecule has 1 unspecified atom stereocenters. The SMILES string of the molecule is C#C[C@]12O[C@@H](n3cc(F)c4c(N)ncnc43)C[C@@]1(O)C2O. The molecule has 0 spiro atoms. The summed E-state index contributed by atoms with van der Waals surface area (Å²) in [6, 6.07) is 0. The third-order valence-electron chi connectivity index (χ3n) is 4.32. The van der Waals surface area contributed by atoms with E-state index in [-0.39, 0.29) is 23.3 Å². The summed E-state index contributed by atoms with van der Waals surface area (Å²) < 4.78 is 21.0. The number of terminal acetylenes is 1. The number of halogens is 1. The largest absolute Gasteiger partial charge is 0.386 e. The lowest BCUT2D eigenvalue weighted by Crippen LogP contribution is -2.20. The monoisotopic (exact) mass is 290 g/mol. The van der Waals surface area contributed by atoms with E-state index in [0.29, 0.717) is 0 Å². The lowest BCUT2D eigenvalue weighted by molar-refractivity contribution is -0.0379. The van der Waals surface area contributed by atoms with Crippen molar-refractivity contribution in [3.8, 4) is 12.3 Å². The maximum absolute atomic E-state index is 14.0. The third-order valence-corrected chi connectivity index (χ3v) is 4.32. The second-order valence-corrected chi connectivity index (χ2v) is 5.33. The molecule has 2 aromatic heterocycles. The van der Waals surface area contributed by atoms with E-state index in [9.17, 15) is 14.6 Å². The van der Waals surface area contributed by atoms with Gasteiger partial charge in [-0.25, -0.2) is 14.4 Å². The maximum atomic E-state index is 14.0.